The molecular weight excluding hydrogens is 396 g/mol. The molecular formula is C29H56O3. The maximum Gasteiger partial charge on any atom is 0.312 e. The summed E-state index contributed by atoms with van der Waals surface area (Å²) in [6, 6.07) is 0. The quantitative estimate of drug-likeness (QED) is 0.341. The molecule has 0 aromatic heterocycles. The van der Waals surface area contributed by atoms with Gasteiger partial charge < -0.3 is 9.84 Å². The molecule has 0 aromatic carbocycles. The van der Waals surface area contributed by atoms with Crippen LogP contribution in [0.1, 0.15) is 128 Å². The Hall–Kier alpha value is -0.570. The van der Waals surface area contributed by atoms with Gasteiger partial charge in [0.15, 0.2) is 0 Å². The van der Waals surface area contributed by atoms with Crippen molar-refractivity contribution in [2.45, 2.75) is 140 Å². The minimum Gasteiger partial charge on any atom is -0.461 e. The lowest BCUT2D eigenvalue weighted by molar-refractivity contribution is -0.175. The Morgan fingerprint density at radius 1 is 0.844 bits per heavy atom. The molecule has 1 rings (SSSR count). The van der Waals surface area contributed by atoms with Crippen LogP contribution in [0.15, 0.2) is 0 Å². The molecule has 1 atom stereocenters. The fraction of sp³-hybridized carbons (Fsp3) is 0.966. The molecule has 1 aliphatic rings. The maximum absolute atomic E-state index is 13.6. The maximum atomic E-state index is 13.6. The Balaban J connectivity index is 2.95. The molecule has 0 spiro atoms. The van der Waals surface area contributed by atoms with Crippen molar-refractivity contribution >= 4 is 5.97 Å². The summed E-state index contributed by atoms with van der Waals surface area (Å²) >= 11 is 0. The fourth-order valence-corrected chi connectivity index (χ4v) is 5.71. The predicted molar refractivity (Wildman–Crippen MR) is 136 cm³/mol. The van der Waals surface area contributed by atoms with E-state index in [4.69, 9.17) is 4.74 Å². The van der Waals surface area contributed by atoms with E-state index in [9.17, 15) is 9.90 Å². The van der Waals surface area contributed by atoms with Crippen LogP contribution in [0.2, 0.25) is 0 Å². The zero-order chi connectivity index (χ0) is 25.1. The number of rotatable bonds is 10. The highest BCUT2D eigenvalue weighted by Crippen LogP contribution is 2.51. The minimum absolute atomic E-state index is 0.0361. The highest BCUT2D eigenvalue weighted by molar-refractivity contribution is 5.77. The fourth-order valence-electron chi connectivity index (χ4n) is 5.71. The van der Waals surface area contributed by atoms with E-state index in [1.54, 1.807) is 0 Å². The standard InChI is InChI=1S/C29H56O3/c1-20(2)24(21(3)4)32-25(31)29(12,26(5,6)7)19-27(8,9)17-18-28(10,11)22-13-15-23(30)16-14-22/h20-24,30H,13-19H2,1-12H3. The molecule has 3 nitrogen and oxygen atoms in total. The van der Waals surface area contributed by atoms with E-state index in [2.05, 4.69) is 83.1 Å². The molecule has 3 heteroatoms. The lowest BCUT2D eigenvalue weighted by Gasteiger charge is -2.46. The number of esters is 1. The first-order valence-electron chi connectivity index (χ1n) is 13.2. The second-order valence-corrected chi connectivity index (χ2v) is 14.3. The van der Waals surface area contributed by atoms with Gasteiger partial charge in [-0.1, -0.05) is 76.2 Å². The highest BCUT2D eigenvalue weighted by Gasteiger charge is 2.49. The number of ether oxygens (including phenoxy) is 1. The number of carbonyl (C=O) groups excluding carboxylic acids is 1. The molecule has 0 aromatic rings. The third kappa shape index (κ3) is 7.74. The number of hydrogen-bond donors (Lipinski definition) is 1. The molecule has 0 heterocycles. The van der Waals surface area contributed by atoms with Crippen LogP contribution in [0.25, 0.3) is 0 Å². The van der Waals surface area contributed by atoms with Crippen LogP contribution in [-0.2, 0) is 9.53 Å². The van der Waals surface area contributed by atoms with Crippen molar-refractivity contribution in [1.29, 1.82) is 0 Å². The minimum atomic E-state index is -0.544. The topological polar surface area (TPSA) is 46.5 Å². The van der Waals surface area contributed by atoms with Gasteiger partial charge in [0.05, 0.1) is 11.5 Å². The van der Waals surface area contributed by atoms with Crippen LogP contribution < -0.4 is 0 Å². The Kier molecular flexibility index (Phi) is 9.93. The SMILES string of the molecule is CC(C)C(OC(=O)C(C)(CC(C)(C)CCC(C)(C)C1CCC(O)CC1)C(C)(C)C)C(C)C. The Bertz CT molecular complexity index is 580. The Morgan fingerprint density at radius 2 is 1.31 bits per heavy atom. The molecule has 190 valence electrons. The van der Waals surface area contributed by atoms with Crippen molar-refractivity contribution in [1.82, 2.24) is 0 Å². The molecule has 1 aliphatic carbocycles. The number of aliphatic hydroxyl groups excluding tert-OH is 1. The monoisotopic (exact) mass is 452 g/mol. The second-order valence-electron chi connectivity index (χ2n) is 14.3. The summed E-state index contributed by atoms with van der Waals surface area (Å²) in [7, 11) is 0. The van der Waals surface area contributed by atoms with Crippen molar-refractivity contribution in [3.8, 4) is 0 Å². The third-order valence-corrected chi connectivity index (χ3v) is 8.74. The number of hydrogen-bond acceptors (Lipinski definition) is 3. The summed E-state index contributed by atoms with van der Waals surface area (Å²) in [6.45, 7) is 26.7. The first kappa shape index (κ1) is 29.5. The third-order valence-electron chi connectivity index (χ3n) is 8.74. The Morgan fingerprint density at radius 3 is 1.72 bits per heavy atom. The van der Waals surface area contributed by atoms with Crippen LogP contribution in [0, 0.1) is 39.4 Å². The van der Waals surface area contributed by atoms with Crippen LogP contribution in [-0.4, -0.2) is 23.3 Å². The molecule has 0 aliphatic heterocycles. The van der Waals surface area contributed by atoms with Gasteiger partial charge in [0.25, 0.3) is 0 Å². The van der Waals surface area contributed by atoms with Crippen molar-refractivity contribution in [3.63, 3.8) is 0 Å². The largest absolute Gasteiger partial charge is 0.461 e. The van der Waals surface area contributed by atoms with Gasteiger partial charge >= 0.3 is 5.97 Å². The van der Waals surface area contributed by atoms with Gasteiger partial charge in [-0.3, -0.25) is 4.79 Å². The Labute approximate surface area is 200 Å². The second kappa shape index (κ2) is 10.8. The summed E-state index contributed by atoms with van der Waals surface area (Å²) in [5, 5.41) is 9.89. The summed E-state index contributed by atoms with van der Waals surface area (Å²) in [4.78, 5) is 13.6. The van der Waals surface area contributed by atoms with E-state index >= 15 is 0 Å². The molecule has 0 bridgehead atoms. The number of carbonyl (C=O) groups is 1. The van der Waals surface area contributed by atoms with Crippen molar-refractivity contribution in [3.05, 3.63) is 0 Å². The first-order valence-corrected chi connectivity index (χ1v) is 13.2. The summed E-state index contributed by atoms with van der Waals surface area (Å²) in [5.41, 5.74) is -0.430. The lowest BCUT2D eigenvalue weighted by atomic mass is 9.59. The summed E-state index contributed by atoms with van der Waals surface area (Å²) in [5.74, 6) is 1.27. The van der Waals surface area contributed by atoms with Gasteiger partial charge in [-0.2, -0.15) is 0 Å². The van der Waals surface area contributed by atoms with E-state index in [1.165, 1.54) is 0 Å². The van der Waals surface area contributed by atoms with Crippen LogP contribution in [0.5, 0.6) is 0 Å². The molecule has 0 saturated heterocycles. The molecule has 1 N–H and O–H groups in total. The average molecular weight is 453 g/mol. The summed E-state index contributed by atoms with van der Waals surface area (Å²) < 4.78 is 6.20. The van der Waals surface area contributed by atoms with Gasteiger partial charge in [0, 0.05) is 0 Å². The van der Waals surface area contributed by atoms with Gasteiger partial charge in [-0.15, -0.1) is 0 Å². The van der Waals surface area contributed by atoms with Gasteiger partial charge in [-0.05, 0) is 85.9 Å². The van der Waals surface area contributed by atoms with E-state index in [1.807, 2.05) is 0 Å². The molecule has 1 unspecified atom stereocenters. The van der Waals surface area contributed by atoms with Gasteiger partial charge in [-0.25, -0.2) is 0 Å². The lowest BCUT2D eigenvalue weighted by Crippen LogP contribution is -2.47. The van der Waals surface area contributed by atoms with Gasteiger partial charge in [0.2, 0.25) is 0 Å². The van der Waals surface area contributed by atoms with Crippen molar-refractivity contribution in [2.75, 3.05) is 0 Å². The van der Waals surface area contributed by atoms with E-state index in [0.29, 0.717) is 17.8 Å². The smallest absolute Gasteiger partial charge is 0.312 e. The van der Waals surface area contributed by atoms with Crippen LogP contribution in [0.3, 0.4) is 0 Å². The molecule has 32 heavy (non-hydrogen) atoms. The van der Waals surface area contributed by atoms with Gasteiger partial charge in [0.1, 0.15) is 6.10 Å². The van der Waals surface area contributed by atoms with E-state index in [0.717, 1.165) is 44.9 Å². The van der Waals surface area contributed by atoms with E-state index < -0.39 is 5.41 Å². The highest BCUT2D eigenvalue weighted by atomic mass is 16.5. The van der Waals surface area contributed by atoms with Crippen molar-refractivity contribution < 1.29 is 14.6 Å². The first-order chi connectivity index (χ1) is 14.3. The molecule has 1 saturated carbocycles. The normalized spacial score (nSPS) is 23.0. The molecule has 1 fully saturated rings. The summed E-state index contributed by atoms with van der Waals surface area (Å²) in [6.07, 6.45) is 7.07. The van der Waals surface area contributed by atoms with Crippen LogP contribution in [0.4, 0.5) is 0 Å². The van der Waals surface area contributed by atoms with E-state index in [-0.39, 0.29) is 34.4 Å². The van der Waals surface area contributed by atoms with Crippen molar-refractivity contribution in [2.24, 2.45) is 39.4 Å². The average Bonchev–Trinajstić information content (AvgIpc) is 2.63. The zero-order valence-corrected chi connectivity index (χ0v) is 23.6. The molecule has 0 radical (unpaired) electrons. The number of aliphatic hydroxyl groups is 1. The zero-order valence-electron chi connectivity index (χ0n) is 23.6. The molecule has 0 amide bonds. The predicted octanol–water partition coefficient (Wildman–Crippen LogP) is 8.04. The van der Waals surface area contributed by atoms with Crippen LogP contribution >= 0.6 is 0 Å².